The van der Waals surface area contributed by atoms with Gasteiger partial charge in [-0.25, -0.2) is 0 Å². The third-order valence-electron chi connectivity index (χ3n) is 4.19. The van der Waals surface area contributed by atoms with Gasteiger partial charge in [0.2, 0.25) is 6.79 Å². The Hall–Kier alpha value is -3.87. The van der Waals surface area contributed by atoms with E-state index in [9.17, 15) is 14.9 Å². The number of carbonyl (C=O) groups excluding carboxylic acids is 1. The first-order chi connectivity index (χ1) is 13.1. The molecule has 0 N–H and O–H groups in total. The summed E-state index contributed by atoms with van der Waals surface area (Å²) in [6.45, 7) is 0.0202. The quantitative estimate of drug-likeness (QED) is 0.296. The van der Waals surface area contributed by atoms with Gasteiger partial charge in [0.1, 0.15) is 0 Å². The number of ketones is 1. The highest BCUT2D eigenvalue weighted by Gasteiger charge is 2.22. The van der Waals surface area contributed by atoms with Gasteiger partial charge in [-0.3, -0.25) is 14.9 Å². The van der Waals surface area contributed by atoms with Crippen LogP contribution in [0.15, 0.2) is 67.0 Å². The van der Waals surface area contributed by atoms with Crippen LogP contribution < -0.4 is 9.47 Å². The molecule has 0 amide bonds. The summed E-state index contributed by atoms with van der Waals surface area (Å²) >= 11 is 0. The maximum atomic E-state index is 12.4. The van der Waals surface area contributed by atoms with Gasteiger partial charge in [0, 0.05) is 23.6 Å². The Morgan fingerprint density at radius 1 is 1.07 bits per heavy atom. The molecule has 0 aliphatic carbocycles. The molecule has 0 saturated carbocycles. The summed E-state index contributed by atoms with van der Waals surface area (Å²) in [7, 11) is 0. The van der Waals surface area contributed by atoms with Gasteiger partial charge in [-0.05, 0) is 54.6 Å². The molecule has 0 spiro atoms. The lowest BCUT2D eigenvalue weighted by atomic mass is 10.1. The van der Waals surface area contributed by atoms with E-state index in [4.69, 9.17) is 9.47 Å². The fourth-order valence-electron chi connectivity index (χ4n) is 2.80. The van der Waals surface area contributed by atoms with Crippen molar-refractivity contribution in [3.05, 3.63) is 88.2 Å². The van der Waals surface area contributed by atoms with Gasteiger partial charge >= 0.3 is 0 Å². The number of ether oxygens (including phenoxy) is 2. The fourth-order valence-corrected chi connectivity index (χ4v) is 2.80. The van der Waals surface area contributed by atoms with Gasteiger partial charge in [-0.1, -0.05) is 0 Å². The summed E-state index contributed by atoms with van der Waals surface area (Å²) in [6, 6.07) is 13.7. The molecule has 4 rings (SSSR count). The minimum absolute atomic E-state index is 0.0202. The van der Waals surface area contributed by atoms with Crippen molar-refractivity contribution in [2.45, 2.75) is 0 Å². The molecular weight excluding hydrogens is 348 g/mol. The zero-order chi connectivity index (χ0) is 18.8. The van der Waals surface area contributed by atoms with Crippen LogP contribution in [0.1, 0.15) is 15.9 Å². The fraction of sp³-hybridized carbons (Fsp3) is 0.0500. The number of benzene rings is 2. The van der Waals surface area contributed by atoms with Crippen LogP contribution in [0.5, 0.6) is 11.5 Å². The highest BCUT2D eigenvalue weighted by molar-refractivity contribution is 6.07. The number of hydrogen-bond acceptors (Lipinski definition) is 5. The summed E-state index contributed by atoms with van der Waals surface area (Å²) in [5.41, 5.74) is 1.56. The number of nitro groups is 1. The third kappa shape index (κ3) is 3.30. The number of hydrogen-bond donors (Lipinski definition) is 0. The molecule has 3 aromatic rings. The lowest BCUT2D eigenvalue weighted by molar-refractivity contribution is -0.385. The number of aromatic nitrogens is 1. The van der Waals surface area contributed by atoms with E-state index in [1.54, 1.807) is 12.1 Å². The van der Waals surface area contributed by atoms with E-state index in [2.05, 4.69) is 0 Å². The van der Waals surface area contributed by atoms with Gasteiger partial charge in [0.05, 0.1) is 16.6 Å². The largest absolute Gasteiger partial charge is 0.454 e. The molecular formula is C20H14N2O5. The average molecular weight is 362 g/mol. The molecule has 7 heteroatoms. The standard InChI is InChI=1S/C20H14N2O5/c23-18(14-3-6-16(7-4-14)21-9-1-2-10-21)8-5-15-11-19-20(27-13-26-19)12-17(15)22(24)25/h1-12H,13H2/b8-5+. The average Bonchev–Trinajstić information content (AvgIpc) is 3.36. The second-order valence-corrected chi connectivity index (χ2v) is 5.86. The highest BCUT2D eigenvalue weighted by Crippen LogP contribution is 2.38. The normalized spacial score (nSPS) is 12.4. The van der Waals surface area contributed by atoms with Crippen molar-refractivity contribution >= 4 is 17.5 Å². The van der Waals surface area contributed by atoms with Crippen molar-refractivity contribution in [2.75, 3.05) is 6.79 Å². The number of fused-ring (bicyclic) bond motifs is 1. The van der Waals surface area contributed by atoms with Crippen LogP contribution in [0.3, 0.4) is 0 Å². The molecule has 0 bridgehead atoms. The predicted octanol–water partition coefficient (Wildman–Crippen LogP) is 4.01. The van der Waals surface area contributed by atoms with Crippen molar-refractivity contribution in [3.63, 3.8) is 0 Å². The first-order valence-corrected chi connectivity index (χ1v) is 8.16. The Morgan fingerprint density at radius 3 is 2.41 bits per heavy atom. The number of carbonyl (C=O) groups is 1. The molecule has 0 unspecified atom stereocenters. The Bertz CT molecular complexity index is 1040. The van der Waals surface area contributed by atoms with E-state index in [-0.39, 0.29) is 23.8 Å². The maximum Gasteiger partial charge on any atom is 0.280 e. The molecule has 0 radical (unpaired) electrons. The topological polar surface area (TPSA) is 83.6 Å². The molecule has 1 aliphatic rings. The molecule has 1 aromatic heterocycles. The minimum atomic E-state index is -0.516. The monoisotopic (exact) mass is 362 g/mol. The van der Waals surface area contributed by atoms with Gasteiger partial charge in [0.25, 0.3) is 5.69 Å². The van der Waals surface area contributed by atoms with E-state index in [1.807, 2.05) is 41.2 Å². The SMILES string of the molecule is O=C(/C=C/c1cc2c(cc1[N+](=O)[O-])OCO2)c1ccc(-n2cccc2)cc1. The lowest BCUT2D eigenvalue weighted by Gasteiger charge is -2.03. The van der Waals surface area contributed by atoms with E-state index in [0.717, 1.165) is 5.69 Å². The third-order valence-corrected chi connectivity index (χ3v) is 4.19. The van der Waals surface area contributed by atoms with E-state index < -0.39 is 4.92 Å². The minimum Gasteiger partial charge on any atom is -0.454 e. The van der Waals surface area contributed by atoms with E-state index >= 15 is 0 Å². The summed E-state index contributed by atoms with van der Waals surface area (Å²) in [6.07, 6.45) is 6.56. The molecule has 7 nitrogen and oxygen atoms in total. The van der Waals surface area contributed by atoms with E-state index in [0.29, 0.717) is 17.1 Å². The van der Waals surface area contributed by atoms with Crippen molar-refractivity contribution in [2.24, 2.45) is 0 Å². The van der Waals surface area contributed by atoms with Gasteiger partial charge < -0.3 is 14.0 Å². The number of allylic oxidation sites excluding steroid dienone is 1. The zero-order valence-electron chi connectivity index (χ0n) is 14.1. The first kappa shape index (κ1) is 16.6. The summed E-state index contributed by atoms with van der Waals surface area (Å²) in [5.74, 6) is 0.496. The molecule has 0 fully saturated rings. The number of nitro benzene ring substituents is 1. The molecule has 2 aromatic carbocycles. The van der Waals surface area contributed by atoms with Crippen LogP contribution in [-0.2, 0) is 0 Å². The van der Waals surface area contributed by atoms with E-state index in [1.165, 1.54) is 24.3 Å². The van der Waals surface area contributed by atoms with Crippen LogP contribution in [0.2, 0.25) is 0 Å². The van der Waals surface area contributed by atoms with Crippen LogP contribution in [0, 0.1) is 10.1 Å². The van der Waals surface area contributed by atoms with Crippen LogP contribution in [0.4, 0.5) is 5.69 Å². The van der Waals surface area contributed by atoms with Gasteiger partial charge in [-0.2, -0.15) is 0 Å². The second kappa shape index (κ2) is 6.80. The molecule has 1 aliphatic heterocycles. The lowest BCUT2D eigenvalue weighted by Crippen LogP contribution is -1.97. The molecule has 0 saturated heterocycles. The zero-order valence-corrected chi connectivity index (χ0v) is 14.1. The van der Waals surface area contributed by atoms with Crippen LogP contribution in [-0.4, -0.2) is 22.1 Å². The molecule has 134 valence electrons. The van der Waals surface area contributed by atoms with Crippen molar-refractivity contribution in [1.82, 2.24) is 4.57 Å². The van der Waals surface area contributed by atoms with Crippen LogP contribution in [0.25, 0.3) is 11.8 Å². The summed E-state index contributed by atoms with van der Waals surface area (Å²) < 4.78 is 12.3. The summed E-state index contributed by atoms with van der Waals surface area (Å²) in [5, 5.41) is 11.3. The Kier molecular flexibility index (Phi) is 4.18. The predicted molar refractivity (Wildman–Crippen MR) is 98.4 cm³/mol. The molecule has 0 atom stereocenters. The number of rotatable bonds is 5. The number of nitrogens with zero attached hydrogens (tertiary/aromatic N) is 2. The van der Waals surface area contributed by atoms with Crippen molar-refractivity contribution in [3.8, 4) is 17.2 Å². The van der Waals surface area contributed by atoms with Crippen LogP contribution >= 0.6 is 0 Å². The Labute approximate surface area is 154 Å². The second-order valence-electron chi connectivity index (χ2n) is 5.86. The Morgan fingerprint density at radius 2 is 1.74 bits per heavy atom. The first-order valence-electron chi connectivity index (χ1n) is 8.16. The van der Waals surface area contributed by atoms with Crippen molar-refractivity contribution < 1.29 is 19.2 Å². The van der Waals surface area contributed by atoms with Gasteiger partial charge in [-0.15, -0.1) is 0 Å². The van der Waals surface area contributed by atoms with Gasteiger partial charge in [0.15, 0.2) is 17.3 Å². The molecule has 2 heterocycles. The smallest absolute Gasteiger partial charge is 0.280 e. The summed E-state index contributed by atoms with van der Waals surface area (Å²) in [4.78, 5) is 23.2. The molecule has 27 heavy (non-hydrogen) atoms. The Balaban J connectivity index is 1.58. The highest BCUT2D eigenvalue weighted by atomic mass is 16.7. The maximum absolute atomic E-state index is 12.4. The van der Waals surface area contributed by atoms with Crippen molar-refractivity contribution in [1.29, 1.82) is 0 Å².